The maximum Gasteiger partial charge on any atom is 0.0597 e. The SMILES string of the molecule is CCCNC(CO)CN(C)C1CCC1. The summed E-state index contributed by atoms with van der Waals surface area (Å²) < 4.78 is 0. The molecule has 1 aliphatic carbocycles. The third-order valence-corrected chi connectivity index (χ3v) is 3.11. The average molecular weight is 200 g/mol. The van der Waals surface area contributed by atoms with Crippen LogP contribution in [0.25, 0.3) is 0 Å². The number of aliphatic hydroxyl groups is 1. The van der Waals surface area contributed by atoms with Gasteiger partial charge in [-0.2, -0.15) is 0 Å². The van der Waals surface area contributed by atoms with Crippen LogP contribution < -0.4 is 5.32 Å². The second kappa shape index (κ2) is 6.38. The van der Waals surface area contributed by atoms with Crippen LogP contribution >= 0.6 is 0 Å². The zero-order chi connectivity index (χ0) is 10.4. The lowest BCUT2D eigenvalue weighted by Gasteiger charge is -2.36. The third-order valence-electron chi connectivity index (χ3n) is 3.11. The molecule has 0 saturated heterocycles. The molecule has 0 radical (unpaired) electrons. The van der Waals surface area contributed by atoms with Crippen molar-refractivity contribution < 1.29 is 5.11 Å². The second-order valence-electron chi connectivity index (χ2n) is 4.36. The molecule has 1 saturated carbocycles. The Morgan fingerprint density at radius 1 is 1.50 bits per heavy atom. The van der Waals surface area contributed by atoms with E-state index in [1.807, 2.05) is 0 Å². The van der Waals surface area contributed by atoms with Crippen LogP contribution in [0.4, 0.5) is 0 Å². The van der Waals surface area contributed by atoms with Crippen molar-refractivity contribution in [1.29, 1.82) is 0 Å². The fraction of sp³-hybridized carbons (Fsp3) is 1.00. The predicted octanol–water partition coefficient (Wildman–Crippen LogP) is 0.831. The molecular weight excluding hydrogens is 176 g/mol. The smallest absolute Gasteiger partial charge is 0.0597 e. The van der Waals surface area contributed by atoms with Gasteiger partial charge in [-0.05, 0) is 32.9 Å². The zero-order valence-electron chi connectivity index (χ0n) is 9.50. The first-order valence-corrected chi connectivity index (χ1v) is 5.82. The molecule has 1 fully saturated rings. The molecule has 0 aromatic heterocycles. The molecule has 1 atom stereocenters. The van der Waals surface area contributed by atoms with Gasteiger partial charge in [-0.3, -0.25) is 0 Å². The maximum atomic E-state index is 9.18. The molecule has 3 heteroatoms. The van der Waals surface area contributed by atoms with E-state index in [9.17, 15) is 5.11 Å². The number of likely N-dealkylation sites (N-methyl/N-ethyl adjacent to an activating group) is 1. The van der Waals surface area contributed by atoms with E-state index in [1.54, 1.807) is 0 Å². The third kappa shape index (κ3) is 3.56. The number of nitrogens with one attached hydrogen (secondary N) is 1. The van der Waals surface area contributed by atoms with Gasteiger partial charge in [0, 0.05) is 18.6 Å². The minimum Gasteiger partial charge on any atom is -0.395 e. The Hall–Kier alpha value is -0.120. The summed E-state index contributed by atoms with van der Waals surface area (Å²) >= 11 is 0. The lowest BCUT2D eigenvalue weighted by molar-refractivity contribution is 0.125. The molecule has 0 spiro atoms. The van der Waals surface area contributed by atoms with Gasteiger partial charge in [-0.1, -0.05) is 13.3 Å². The van der Waals surface area contributed by atoms with Crippen molar-refractivity contribution in [2.75, 3.05) is 26.7 Å². The van der Waals surface area contributed by atoms with Crippen molar-refractivity contribution in [2.24, 2.45) is 0 Å². The molecule has 0 bridgehead atoms. The molecule has 0 aliphatic heterocycles. The van der Waals surface area contributed by atoms with E-state index in [4.69, 9.17) is 0 Å². The van der Waals surface area contributed by atoms with Gasteiger partial charge >= 0.3 is 0 Å². The fourth-order valence-corrected chi connectivity index (χ4v) is 1.86. The maximum absolute atomic E-state index is 9.18. The summed E-state index contributed by atoms with van der Waals surface area (Å²) in [6, 6.07) is 1.02. The number of nitrogens with zero attached hydrogens (tertiary/aromatic N) is 1. The van der Waals surface area contributed by atoms with Crippen LogP contribution in [-0.2, 0) is 0 Å². The summed E-state index contributed by atoms with van der Waals surface area (Å²) in [4.78, 5) is 2.38. The van der Waals surface area contributed by atoms with Crippen molar-refractivity contribution in [3.05, 3.63) is 0 Å². The molecule has 2 N–H and O–H groups in total. The Bertz CT molecular complexity index is 148. The first kappa shape index (κ1) is 12.0. The average Bonchev–Trinajstić information content (AvgIpc) is 2.09. The Labute approximate surface area is 87.5 Å². The normalized spacial score (nSPS) is 19.7. The van der Waals surface area contributed by atoms with E-state index < -0.39 is 0 Å². The molecule has 0 aromatic carbocycles. The minimum atomic E-state index is 0.247. The topological polar surface area (TPSA) is 35.5 Å². The monoisotopic (exact) mass is 200 g/mol. The van der Waals surface area contributed by atoms with Crippen LogP contribution in [0.2, 0.25) is 0 Å². The Kier molecular flexibility index (Phi) is 5.45. The van der Waals surface area contributed by atoms with Gasteiger partial charge in [0.1, 0.15) is 0 Å². The summed E-state index contributed by atoms with van der Waals surface area (Å²) in [6.45, 7) is 4.37. The predicted molar refractivity (Wildman–Crippen MR) is 59.4 cm³/mol. The van der Waals surface area contributed by atoms with Crippen LogP contribution in [0, 0.1) is 0 Å². The molecule has 1 rings (SSSR count). The molecule has 0 amide bonds. The van der Waals surface area contributed by atoms with Crippen LogP contribution in [0.5, 0.6) is 0 Å². The highest BCUT2D eigenvalue weighted by molar-refractivity contribution is 4.80. The molecule has 14 heavy (non-hydrogen) atoms. The van der Waals surface area contributed by atoms with Crippen molar-refractivity contribution in [2.45, 2.75) is 44.7 Å². The first-order valence-electron chi connectivity index (χ1n) is 5.82. The van der Waals surface area contributed by atoms with Gasteiger partial charge in [-0.15, -0.1) is 0 Å². The lowest BCUT2D eigenvalue weighted by atomic mass is 9.91. The number of hydrogen-bond acceptors (Lipinski definition) is 3. The van der Waals surface area contributed by atoms with E-state index in [2.05, 4.69) is 24.2 Å². The fourth-order valence-electron chi connectivity index (χ4n) is 1.86. The summed E-state index contributed by atoms with van der Waals surface area (Å²) in [5.41, 5.74) is 0. The van der Waals surface area contributed by atoms with Gasteiger partial charge in [0.05, 0.1) is 6.61 Å². The van der Waals surface area contributed by atoms with E-state index >= 15 is 0 Å². The van der Waals surface area contributed by atoms with Gasteiger partial charge in [0.2, 0.25) is 0 Å². The minimum absolute atomic E-state index is 0.247. The summed E-state index contributed by atoms with van der Waals surface area (Å²) in [6.07, 6.45) is 5.18. The summed E-state index contributed by atoms with van der Waals surface area (Å²) in [5, 5.41) is 12.5. The molecule has 84 valence electrons. The van der Waals surface area contributed by atoms with Crippen LogP contribution in [0.3, 0.4) is 0 Å². The highest BCUT2D eigenvalue weighted by atomic mass is 16.3. The van der Waals surface area contributed by atoms with E-state index in [1.165, 1.54) is 19.3 Å². The van der Waals surface area contributed by atoms with Crippen molar-refractivity contribution in [3.8, 4) is 0 Å². The van der Waals surface area contributed by atoms with E-state index in [0.717, 1.165) is 25.6 Å². The van der Waals surface area contributed by atoms with Crippen molar-refractivity contribution in [3.63, 3.8) is 0 Å². The Balaban J connectivity index is 2.16. The van der Waals surface area contributed by atoms with Crippen molar-refractivity contribution in [1.82, 2.24) is 10.2 Å². The second-order valence-corrected chi connectivity index (χ2v) is 4.36. The summed E-state index contributed by atoms with van der Waals surface area (Å²) in [7, 11) is 2.17. The largest absolute Gasteiger partial charge is 0.395 e. The number of hydrogen-bond donors (Lipinski definition) is 2. The standard InChI is InChI=1S/C11H24N2O/c1-3-7-12-10(9-14)8-13(2)11-5-4-6-11/h10-12,14H,3-9H2,1-2H3. The van der Waals surface area contributed by atoms with Crippen molar-refractivity contribution >= 4 is 0 Å². The highest BCUT2D eigenvalue weighted by Crippen LogP contribution is 2.23. The van der Waals surface area contributed by atoms with E-state index in [0.29, 0.717) is 0 Å². The Morgan fingerprint density at radius 2 is 2.21 bits per heavy atom. The van der Waals surface area contributed by atoms with Gasteiger partial charge in [-0.25, -0.2) is 0 Å². The van der Waals surface area contributed by atoms with Gasteiger partial charge in [0.15, 0.2) is 0 Å². The molecule has 1 aliphatic rings. The Morgan fingerprint density at radius 3 is 2.64 bits per heavy atom. The van der Waals surface area contributed by atoms with Crippen LogP contribution in [0.1, 0.15) is 32.6 Å². The lowest BCUT2D eigenvalue weighted by Crippen LogP contribution is -2.47. The molecule has 1 unspecified atom stereocenters. The number of aliphatic hydroxyl groups excluding tert-OH is 1. The van der Waals surface area contributed by atoms with E-state index in [-0.39, 0.29) is 12.6 Å². The van der Waals surface area contributed by atoms with Gasteiger partial charge < -0.3 is 15.3 Å². The number of rotatable bonds is 7. The highest BCUT2D eigenvalue weighted by Gasteiger charge is 2.23. The molecule has 3 nitrogen and oxygen atoms in total. The summed E-state index contributed by atoms with van der Waals surface area (Å²) in [5.74, 6) is 0. The zero-order valence-corrected chi connectivity index (χ0v) is 9.50. The van der Waals surface area contributed by atoms with Crippen LogP contribution in [0.15, 0.2) is 0 Å². The molecule has 0 heterocycles. The first-order chi connectivity index (χ1) is 6.77. The quantitative estimate of drug-likeness (QED) is 0.639. The van der Waals surface area contributed by atoms with Crippen LogP contribution in [-0.4, -0.2) is 48.8 Å². The molecular formula is C11H24N2O. The van der Waals surface area contributed by atoms with Gasteiger partial charge in [0.25, 0.3) is 0 Å². The molecule has 0 aromatic rings.